The van der Waals surface area contributed by atoms with Gasteiger partial charge in [0.1, 0.15) is 5.56 Å². The lowest BCUT2D eigenvalue weighted by Crippen LogP contribution is -2.38. The number of amides is 1. The Labute approximate surface area is 88.9 Å². The number of pyridine rings is 1. The summed E-state index contributed by atoms with van der Waals surface area (Å²) in [5.41, 5.74) is -0.402. The zero-order chi connectivity index (χ0) is 11.6. The lowest BCUT2D eigenvalue weighted by atomic mass is 10.1. The summed E-state index contributed by atoms with van der Waals surface area (Å²) >= 11 is 0. The first kappa shape index (κ1) is 11.5. The van der Waals surface area contributed by atoms with Crippen molar-refractivity contribution in [2.75, 3.05) is 7.05 Å². The van der Waals surface area contributed by atoms with Crippen molar-refractivity contribution < 1.29 is 4.79 Å². The number of aromatic nitrogens is 1. The fourth-order valence-corrected chi connectivity index (χ4v) is 1.33. The topological polar surface area (TPSA) is 51.1 Å². The van der Waals surface area contributed by atoms with Crippen molar-refractivity contribution in [1.29, 1.82) is 0 Å². The minimum absolute atomic E-state index is 0.176. The Hall–Kier alpha value is -1.58. The largest absolute Gasteiger partial charge is 0.355 e. The summed E-state index contributed by atoms with van der Waals surface area (Å²) in [4.78, 5) is 23.3. The van der Waals surface area contributed by atoms with E-state index in [4.69, 9.17) is 0 Å². The van der Waals surface area contributed by atoms with Gasteiger partial charge >= 0.3 is 0 Å². The Bertz CT molecular complexity index is 427. The van der Waals surface area contributed by atoms with E-state index >= 15 is 0 Å². The molecule has 0 aliphatic carbocycles. The van der Waals surface area contributed by atoms with Gasteiger partial charge in [-0.3, -0.25) is 9.59 Å². The third-order valence-corrected chi connectivity index (χ3v) is 2.14. The zero-order valence-corrected chi connectivity index (χ0v) is 9.50. The van der Waals surface area contributed by atoms with Crippen LogP contribution in [0.25, 0.3) is 0 Å². The number of rotatable bonds is 1. The average molecular weight is 208 g/mol. The molecule has 1 N–H and O–H groups in total. The monoisotopic (exact) mass is 208 g/mol. The van der Waals surface area contributed by atoms with Crippen molar-refractivity contribution >= 4 is 5.91 Å². The highest BCUT2D eigenvalue weighted by molar-refractivity contribution is 5.93. The predicted octanol–water partition coefficient (Wildman–Crippen LogP) is 0.963. The van der Waals surface area contributed by atoms with Gasteiger partial charge in [-0.15, -0.1) is 0 Å². The third kappa shape index (κ3) is 2.26. The molecule has 0 bridgehead atoms. The molecule has 4 nitrogen and oxygen atoms in total. The standard InChI is InChI=1S/C11H16N2O2/c1-11(2,3)13-7-5-6-8(10(13)15)9(14)12-4/h5-7H,1-4H3,(H,12,14). The molecule has 1 aromatic rings. The Kier molecular flexibility index (Phi) is 2.98. The van der Waals surface area contributed by atoms with Crippen molar-refractivity contribution in [3.63, 3.8) is 0 Å². The second-order valence-corrected chi connectivity index (χ2v) is 4.35. The first-order valence-electron chi connectivity index (χ1n) is 4.82. The molecule has 0 aliphatic rings. The molecule has 0 atom stereocenters. The first-order valence-corrected chi connectivity index (χ1v) is 4.82. The van der Waals surface area contributed by atoms with Crippen molar-refractivity contribution in [1.82, 2.24) is 9.88 Å². The van der Waals surface area contributed by atoms with Gasteiger partial charge < -0.3 is 9.88 Å². The molecule has 4 heteroatoms. The van der Waals surface area contributed by atoms with Crippen LogP contribution in [0.1, 0.15) is 31.1 Å². The molecule has 0 aliphatic heterocycles. The molecule has 0 aromatic carbocycles. The van der Waals surface area contributed by atoms with Crippen LogP contribution in [0.3, 0.4) is 0 Å². The summed E-state index contributed by atoms with van der Waals surface area (Å²) in [5, 5.41) is 2.45. The van der Waals surface area contributed by atoms with E-state index in [1.165, 1.54) is 13.1 Å². The van der Waals surface area contributed by atoms with Crippen LogP contribution in [-0.4, -0.2) is 17.5 Å². The van der Waals surface area contributed by atoms with Crippen molar-refractivity contribution in [2.24, 2.45) is 0 Å². The lowest BCUT2D eigenvalue weighted by Gasteiger charge is -2.22. The SMILES string of the molecule is CNC(=O)c1cccn(C(C)(C)C)c1=O. The van der Waals surface area contributed by atoms with E-state index in [9.17, 15) is 9.59 Å². The maximum atomic E-state index is 11.9. The summed E-state index contributed by atoms with van der Waals surface area (Å²) < 4.78 is 1.55. The summed E-state index contributed by atoms with van der Waals surface area (Å²) in [6.07, 6.45) is 1.69. The maximum Gasteiger partial charge on any atom is 0.263 e. The summed E-state index contributed by atoms with van der Waals surface area (Å²) in [7, 11) is 1.51. The smallest absolute Gasteiger partial charge is 0.263 e. The molecule has 1 rings (SSSR count). The average Bonchev–Trinajstić information content (AvgIpc) is 2.15. The van der Waals surface area contributed by atoms with E-state index in [-0.39, 0.29) is 22.6 Å². The van der Waals surface area contributed by atoms with Crippen LogP contribution in [0, 0.1) is 0 Å². The Morgan fingerprint density at radius 3 is 2.47 bits per heavy atom. The quantitative estimate of drug-likeness (QED) is 0.747. The van der Waals surface area contributed by atoms with Gasteiger partial charge in [-0.25, -0.2) is 0 Å². The van der Waals surface area contributed by atoms with Crippen molar-refractivity contribution in [2.45, 2.75) is 26.3 Å². The third-order valence-electron chi connectivity index (χ3n) is 2.14. The van der Waals surface area contributed by atoms with Crippen LogP contribution in [0.4, 0.5) is 0 Å². The Morgan fingerprint density at radius 2 is 2.00 bits per heavy atom. The van der Waals surface area contributed by atoms with E-state index in [0.717, 1.165) is 0 Å². The Balaban J connectivity index is 3.37. The molecular formula is C11H16N2O2. The normalized spacial score (nSPS) is 11.2. The molecule has 1 amide bonds. The Morgan fingerprint density at radius 1 is 1.40 bits per heavy atom. The number of carbonyl (C=O) groups is 1. The van der Waals surface area contributed by atoms with E-state index in [0.29, 0.717) is 0 Å². The molecule has 15 heavy (non-hydrogen) atoms. The molecule has 1 aromatic heterocycles. The first-order chi connectivity index (χ1) is 6.88. The van der Waals surface area contributed by atoms with E-state index in [1.807, 2.05) is 20.8 Å². The highest BCUT2D eigenvalue weighted by Crippen LogP contribution is 2.10. The summed E-state index contributed by atoms with van der Waals surface area (Å²) in [6, 6.07) is 3.24. The molecule has 82 valence electrons. The van der Waals surface area contributed by atoms with E-state index in [2.05, 4.69) is 5.32 Å². The van der Waals surface area contributed by atoms with Gasteiger partial charge in [0.05, 0.1) is 0 Å². The van der Waals surface area contributed by atoms with Gasteiger partial charge in [0.2, 0.25) is 0 Å². The van der Waals surface area contributed by atoms with Crippen LogP contribution in [0.2, 0.25) is 0 Å². The van der Waals surface area contributed by atoms with Crippen molar-refractivity contribution in [3.05, 3.63) is 34.2 Å². The lowest BCUT2D eigenvalue weighted by molar-refractivity contribution is 0.0960. The highest BCUT2D eigenvalue weighted by Gasteiger charge is 2.18. The minimum atomic E-state index is -0.349. The van der Waals surface area contributed by atoms with Gasteiger partial charge in [-0.1, -0.05) is 0 Å². The van der Waals surface area contributed by atoms with E-state index in [1.54, 1.807) is 16.8 Å². The van der Waals surface area contributed by atoms with Gasteiger partial charge in [-0.2, -0.15) is 0 Å². The maximum absolute atomic E-state index is 11.9. The predicted molar refractivity (Wildman–Crippen MR) is 59.1 cm³/mol. The molecule has 0 saturated heterocycles. The van der Waals surface area contributed by atoms with Crippen molar-refractivity contribution in [3.8, 4) is 0 Å². The molecule has 0 fully saturated rings. The van der Waals surface area contributed by atoms with Gasteiger partial charge in [0.15, 0.2) is 0 Å². The number of carbonyl (C=O) groups excluding carboxylic acids is 1. The molecule has 0 spiro atoms. The number of hydrogen-bond donors (Lipinski definition) is 1. The molecule has 0 radical (unpaired) electrons. The molecule has 0 saturated carbocycles. The number of nitrogens with one attached hydrogen (secondary N) is 1. The fraction of sp³-hybridized carbons (Fsp3) is 0.455. The molecule has 0 unspecified atom stereocenters. The van der Waals surface area contributed by atoms with Crippen LogP contribution >= 0.6 is 0 Å². The second kappa shape index (κ2) is 3.88. The summed E-state index contributed by atoms with van der Waals surface area (Å²) in [6.45, 7) is 5.76. The van der Waals surface area contributed by atoms with Crippen LogP contribution in [0.5, 0.6) is 0 Å². The molecule has 1 heterocycles. The van der Waals surface area contributed by atoms with Gasteiger partial charge in [0.25, 0.3) is 11.5 Å². The van der Waals surface area contributed by atoms with Crippen LogP contribution in [0.15, 0.2) is 23.1 Å². The minimum Gasteiger partial charge on any atom is -0.355 e. The fourth-order valence-electron chi connectivity index (χ4n) is 1.33. The second-order valence-electron chi connectivity index (χ2n) is 4.35. The highest BCUT2D eigenvalue weighted by atomic mass is 16.2. The van der Waals surface area contributed by atoms with Gasteiger partial charge in [-0.05, 0) is 32.9 Å². The van der Waals surface area contributed by atoms with Crippen LogP contribution in [-0.2, 0) is 5.54 Å². The number of nitrogens with zero attached hydrogens (tertiary/aromatic N) is 1. The van der Waals surface area contributed by atoms with E-state index < -0.39 is 0 Å². The summed E-state index contributed by atoms with van der Waals surface area (Å²) in [5.74, 6) is -0.349. The zero-order valence-electron chi connectivity index (χ0n) is 9.50. The van der Waals surface area contributed by atoms with Gasteiger partial charge in [0, 0.05) is 18.8 Å². The number of hydrogen-bond acceptors (Lipinski definition) is 2. The van der Waals surface area contributed by atoms with Crippen LogP contribution < -0.4 is 10.9 Å². The molecular weight excluding hydrogens is 192 g/mol.